The number of ether oxygens (including phenoxy) is 2. The molecule has 0 aliphatic heterocycles. The normalized spacial score (nSPS) is 10.7. The van der Waals surface area contributed by atoms with Crippen LogP contribution in [0.1, 0.15) is 13.8 Å². The highest BCUT2D eigenvalue weighted by Crippen LogP contribution is 2.40. The Labute approximate surface area is 99.4 Å². The number of rotatable bonds is 4. The Bertz CT molecular complexity index is 362. The molecule has 82 valence electrons. The summed E-state index contributed by atoms with van der Waals surface area (Å²) in [5.41, 5.74) is 0. The molecule has 15 heavy (non-hydrogen) atoms. The summed E-state index contributed by atoms with van der Waals surface area (Å²) in [6, 6.07) is 3.41. The zero-order valence-electron chi connectivity index (χ0n) is 8.59. The average Bonchev–Trinajstić information content (AvgIpc) is 2.23. The van der Waals surface area contributed by atoms with Gasteiger partial charge < -0.3 is 9.47 Å². The van der Waals surface area contributed by atoms with Gasteiger partial charge in [-0.3, -0.25) is 0 Å². The highest BCUT2D eigenvalue weighted by molar-refractivity contribution is 6.43. The van der Waals surface area contributed by atoms with Crippen LogP contribution in [0.15, 0.2) is 24.5 Å². The van der Waals surface area contributed by atoms with E-state index in [1.807, 2.05) is 13.8 Å². The molecule has 0 N–H and O–H groups in total. The fraction of sp³-hybridized carbons (Fsp3) is 0.273. The minimum absolute atomic E-state index is 0.362. The third-order valence-corrected chi connectivity index (χ3v) is 2.42. The van der Waals surface area contributed by atoms with Crippen molar-refractivity contribution < 1.29 is 9.47 Å². The number of hydrogen-bond acceptors (Lipinski definition) is 2. The van der Waals surface area contributed by atoms with Crippen molar-refractivity contribution in [2.45, 2.75) is 13.8 Å². The molecule has 0 radical (unpaired) electrons. The fourth-order valence-electron chi connectivity index (χ4n) is 1.03. The van der Waals surface area contributed by atoms with Gasteiger partial charge in [0.25, 0.3) is 0 Å². The first-order valence-electron chi connectivity index (χ1n) is 4.59. The first kappa shape index (κ1) is 12.2. The highest BCUT2D eigenvalue weighted by Gasteiger charge is 2.12. The van der Waals surface area contributed by atoms with E-state index in [9.17, 15) is 0 Å². The Balaban J connectivity index is 3.09. The Morgan fingerprint density at radius 2 is 2.07 bits per heavy atom. The van der Waals surface area contributed by atoms with Crippen LogP contribution in [-0.4, -0.2) is 6.61 Å². The second kappa shape index (κ2) is 5.89. The Morgan fingerprint density at radius 3 is 2.67 bits per heavy atom. The van der Waals surface area contributed by atoms with E-state index in [1.54, 1.807) is 18.2 Å². The Morgan fingerprint density at radius 1 is 1.33 bits per heavy atom. The minimum Gasteiger partial charge on any atom is -0.490 e. The predicted molar refractivity (Wildman–Crippen MR) is 63.1 cm³/mol. The van der Waals surface area contributed by atoms with Crippen molar-refractivity contribution in [2.75, 3.05) is 6.61 Å². The van der Waals surface area contributed by atoms with Gasteiger partial charge >= 0.3 is 0 Å². The monoisotopic (exact) mass is 246 g/mol. The topological polar surface area (TPSA) is 18.5 Å². The number of benzene rings is 1. The zero-order valence-corrected chi connectivity index (χ0v) is 10.1. The molecule has 0 amide bonds. The summed E-state index contributed by atoms with van der Waals surface area (Å²) in [4.78, 5) is 0. The number of halogens is 2. The van der Waals surface area contributed by atoms with E-state index < -0.39 is 0 Å². The molecule has 0 aromatic heterocycles. The van der Waals surface area contributed by atoms with Crippen molar-refractivity contribution >= 4 is 23.2 Å². The van der Waals surface area contributed by atoms with E-state index in [-0.39, 0.29) is 0 Å². The minimum atomic E-state index is 0.362. The fourth-order valence-corrected chi connectivity index (χ4v) is 1.38. The van der Waals surface area contributed by atoms with Crippen LogP contribution in [0.4, 0.5) is 0 Å². The maximum atomic E-state index is 6.00. The lowest BCUT2D eigenvalue weighted by Gasteiger charge is -2.11. The van der Waals surface area contributed by atoms with E-state index in [0.29, 0.717) is 28.2 Å². The molecule has 1 rings (SSSR count). The van der Waals surface area contributed by atoms with E-state index >= 15 is 0 Å². The molecule has 0 fully saturated rings. The standard InChI is InChI=1S/C11H12Cl2O2/c1-3-7-15-11-9(14-4-2)6-5-8(12)10(11)13/h3,5-7H,4H2,1-2H3. The van der Waals surface area contributed by atoms with Gasteiger partial charge in [-0.1, -0.05) is 29.3 Å². The van der Waals surface area contributed by atoms with Crippen molar-refractivity contribution in [2.24, 2.45) is 0 Å². The molecule has 0 aliphatic rings. The maximum absolute atomic E-state index is 6.00. The summed E-state index contributed by atoms with van der Waals surface area (Å²) < 4.78 is 10.7. The van der Waals surface area contributed by atoms with E-state index in [4.69, 9.17) is 32.7 Å². The molecule has 1 aromatic carbocycles. The Hall–Kier alpha value is -0.860. The van der Waals surface area contributed by atoms with Gasteiger partial charge in [-0.05, 0) is 26.0 Å². The molecule has 0 saturated heterocycles. The van der Waals surface area contributed by atoms with Gasteiger partial charge in [0, 0.05) is 0 Å². The van der Waals surface area contributed by atoms with E-state index in [1.165, 1.54) is 6.26 Å². The molecule has 4 heteroatoms. The Kier molecular flexibility index (Phi) is 4.79. The molecule has 2 nitrogen and oxygen atoms in total. The lowest BCUT2D eigenvalue weighted by atomic mass is 10.3. The van der Waals surface area contributed by atoms with Gasteiger partial charge in [0.15, 0.2) is 11.5 Å². The van der Waals surface area contributed by atoms with Crippen LogP contribution in [0, 0.1) is 0 Å². The molecule has 0 spiro atoms. The second-order valence-electron chi connectivity index (χ2n) is 2.71. The summed E-state index contributed by atoms with van der Waals surface area (Å²) in [5.74, 6) is 1.04. The summed E-state index contributed by atoms with van der Waals surface area (Å²) in [6.07, 6.45) is 3.28. The van der Waals surface area contributed by atoms with E-state index in [0.717, 1.165) is 0 Å². The van der Waals surface area contributed by atoms with Crippen LogP contribution in [0.3, 0.4) is 0 Å². The molecule has 0 atom stereocenters. The lowest BCUT2D eigenvalue weighted by molar-refractivity contribution is 0.321. The van der Waals surface area contributed by atoms with Crippen LogP contribution in [0.5, 0.6) is 11.5 Å². The molecule has 0 saturated carbocycles. The van der Waals surface area contributed by atoms with Gasteiger partial charge in [-0.15, -0.1) is 0 Å². The number of allylic oxidation sites excluding steroid dienone is 1. The van der Waals surface area contributed by atoms with Gasteiger partial charge in [0.05, 0.1) is 17.9 Å². The molecular formula is C11H12Cl2O2. The SMILES string of the molecule is CC=COc1c(OCC)ccc(Cl)c1Cl. The summed E-state index contributed by atoms with van der Waals surface area (Å²) >= 11 is 11.9. The van der Waals surface area contributed by atoms with Crippen molar-refractivity contribution in [3.8, 4) is 11.5 Å². The molecule has 0 unspecified atom stereocenters. The van der Waals surface area contributed by atoms with Crippen molar-refractivity contribution in [3.63, 3.8) is 0 Å². The molecule has 0 aliphatic carbocycles. The van der Waals surface area contributed by atoms with Gasteiger partial charge in [-0.25, -0.2) is 0 Å². The van der Waals surface area contributed by atoms with Gasteiger partial charge in [0.2, 0.25) is 0 Å². The largest absolute Gasteiger partial charge is 0.490 e. The second-order valence-corrected chi connectivity index (χ2v) is 3.49. The third kappa shape index (κ3) is 3.05. The highest BCUT2D eigenvalue weighted by atomic mass is 35.5. The smallest absolute Gasteiger partial charge is 0.188 e. The summed E-state index contributed by atoms with van der Waals surface area (Å²) in [7, 11) is 0. The quantitative estimate of drug-likeness (QED) is 0.738. The first-order chi connectivity index (χ1) is 7.20. The van der Waals surface area contributed by atoms with Crippen molar-refractivity contribution in [1.29, 1.82) is 0 Å². The van der Waals surface area contributed by atoms with Crippen LogP contribution in [0.2, 0.25) is 10.0 Å². The molecule has 0 heterocycles. The average molecular weight is 247 g/mol. The van der Waals surface area contributed by atoms with Crippen LogP contribution >= 0.6 is 23.2 Å². The molecule has 1 aromatic rings. The zero-order chi connectivity index (χ0) is 11.3. The van der Waals surface area contributed by atoms with E-state index in [2.05, 4.69) is 0 Å². The summed E-state index contributed by atoms with van der Waals surface area (Å²) in [5, 5.41) is 0.806. The lowest BCUT2D eigenvalue weighted by Crippen LogP contribution is -1.95. The van der Waals surface area contributed by atoms with Crippen LogP contribution in [-0.2, 0) is 0 Å². The van der Waals surface area contributed by atoms with Crippen LogP contribution in [0.25, 0.3) is 0 Å². The van der Waals surface area contributed by atoms with Crippen molar-refractivity contribution in [3.05, 3.63) is 34.5 Å². The third-order valence-electron chi connectivity index (χ3n) is 1.64. The maximum Gasteiger partial charge on any atom is 0.188 e. The van der Waals surface area contributed by atoms with Crippen molar-refractivity contribution in [1.82, 2.24) is 0 Å². The van der Waals surface area contributed by atoms with Gasteiger partial charge in [-0.2, -0.15) is 0 Å². The first-order valence-corrected chi connectivity index (χ1v) is 5.34. The molecular weight excluding hydrogens is 235 g/mol. The number of hydrogen-bond donors (Lipinski definition) is 0. The van der Waals surface area contributed by atoms with Crippen LogP contribution < -0.4 is 9.47 Å². The predicted octanol–water partition coefficient (Wildman–Crippen LogP) is 4.30. The molecule has 0 bridgehead atoms. The van der Waals surface area contributed by atoms with Gasteiger partial charge in [0.1, 0.15) is 5.02 Å². The summed E-state index contributed by atoms with van der Waals surface area (Å²) in [6.45, 7) is 4.28.